The molecule has 5 rings (SSSR count). The molecule has 0 saturated carbocycles. The molecule has 0 atom stereocenters. The van der Waals surface area contributed by atoms with Gasteiger partial charge in [0.1, 0.15) is 5.84 Å². The molecule has 0 spiro atoms. The highest BCUT2D eigenvalue weighted by Crippen LogP contribution is 2.37. The summed E-state index contributed by atoms with van der Waals surface area (Å²) in [6, 6.07) is 10.2. The molecule has 2 aromatic heterocycles. The van der Waals surface area contributed by atoms with Gasteiger partial charge in [-0.1, -0.05) is 23.7 Å². The predicted octanol–water partition coefficient (Wildman–Crippen LogP) is 5.69. The van der Waals surface area contributed by atoms with E-state index >= 15 is 0 Å². The van der Waals surface area contributed by atoms with E-state index in [0.717, 1.165) is 64.7 Å². The second-order valence-electron chi connectivity index (χ2n) is 7.93. The molecule has 7 heteroatoms. The second-order valence-corrected chi connectivity index (χ2v) is 8.42. The molecule has 1 aliphatic heterocycles. The van der Waals surface area contributed by atoms with Gasteiger partial charge in [-0.3, -0.25) is 24.9 Å². The highest BCUT2D eigenvalue weighted by atomic mass is 35.5. The first kappa shape index (κ1) is 21.2. The molecule has 164 valence electrons. The zero-order chi connectivity index (χ0) is 22.6. The first-order valence-electron chi connectivity index (χ1n) is 10.9. The number of halogens is 1. The normalized spacial score (nSPS) is 16.0. The number of rotatable bonds is 5. The van der Waals surface area contributed by atoms with Gasteiger partial charge in [-0.15, -0.1) is 0 Å². The van der Waals surface area contributed by atoms with Crippen LogP contribution in [0.25, 0.3) is 11.1 Å². The Morgan fingerprint density at radius 1 is 1.03 bits per heavy atom. The van der Waals surface area contributed by atoms with E-state index in [1.165, 1.54) is 11.3 Å². The Balaban J connectivity index is 1.58. The van der Waals surface area contributed by atoms with E-state index in [1.54, 1.807) is 24.8 Å². The third-order valence-electron chi connectivity index (χ3n) is 5.90. The average Bonchev–Trinajstić information content (AvgIpc) is 3.28. The van der Waals surface area contributed by atoms with Crippen LogP contribution >= 0.6 is 11.6 Å². The van der Waals surface area contributed by atoms with Gasteiger partial charge >= 0.3 is 0 Å². The molecule has 3 aromatic rings. The molecule has 0 unspecified atom stereocenters. The molecule has 0 radical (unpaired) electrons. The molecule has 33 heavy (non-hydrogen) atoms. The topological polar surface area (TPSA) is 66.6 Å². The number of amidine groups is 1. The van der Waals surface area contributed by atoms with Gasteiger partial charge in [0.05, 0.1) is 24.1 Å². The van der Waals surface area contributed by atoms with E-state index in [2.05, 4.69) is 49.8 Å². The molecule has 6 nitrogen and oxygen atoms in total. The van der Waals surface area contributed by atoms with E-state index in [1.807, 2.05) is 24.4 Å². The lowest BCUT2D eigenvalue weighted by Gasteiger charge is -2.27. The van der Waals surface area contributed by atoms with Crippen molar-refractivity contribution in [1.29, 1.82) is 0 Å². The van der Waals surface area contributed by atoms with Crippen molar-refractivity contribution in [1.82, 2.24) is 19.9 Å². The van der Waals surface area contributed by atoms with Crippen LogP contribution < -0.4 is 0 Å². The molecule has 0 N–H and O–H groups in total. The summed E-state index contributed by atoms with van der Waals surface area (Å²) in [6.07, 6.45) is 13.5. The first-order chi connectivity index (χ1) is 16.2. The Bertz CT molecular complexity index is 1260. The molecule has 1 aromatic carbocycles. The number of allylic oxidation sites excluding steroid dienone is 3. The van der Waals surface area contributed by atoms with Crippen molar-refractivity contribution in [2.75, 3.05) is 6.54 Å². The molecular formula is C26H23ClN6. The fourth-order valence-corrected chi connectivity index (χ4v) is 4.54. The monoisotopic (exact) mass is 454 g/mol. The lowest BCUT2D eigenvalue weighted by molar-refractivity contribution is 0.534. The highest BCUT2D eigenvalue weighted by Gasteiger charge is 2.29. The standard InChI is InChI=1S/C26H23ClN6/c1-28-24-14-18(20-3-2-9-29-15-20)4-6-23(24)26(32-17-22-16-30-10-11-31-22)33-12-8-19-13-21(27)5-7-25(19)33/h2-4,6,9-11,13-16H,1,5,7-8,12,17H2. The third kappa shape index (κ3) is 4.47. The minimum Gasteiger partial charge on any atom is -0.329 e. The number of hydrogen-bond acceptors (Lipinski definition) is 5. The molecule has 3 heterocycles. The third-order valence-corrected chi connectivity index (χ3v) is 6.20. The van der Waals surface area contributed by atoms with Gasteiger partial charge in [-0.25, -0.2) is 0 Å². The van der Waals surface area contributed by atoms with Crippen molar-refractivity contribution in [3.63, 3.8) is 0 Å². The maximum Gasteiger partial charge on any atom is 0.137 e. The SMILES string of the molecule is C=Nc1cc(-c2cccnc2)ccc1C(=NCc1cnccn1)N1CCC2=C1CCC(Cl)=C2. The molecule has 0 fully saturated rings. The average molecular weight is 455 g/mol. The lowest BCUT2D eigenvalue weighted by atomic mass is 10.0. The minimum atomic E-state index is 0.430. The van der Waals surface area contributed by atoms with Crippen LogP contribution in [0, 0.1) is 0 Å². The van der Waals surface area contributed by atoms with Crippen molar-refractivity contribution in [2.45, 2.75) is 25.8 Å². The van der Waals surface area contributed by atoms with Gasteiger partial charge in [0.15, 0.2) is 0 Å². The summed E-state index contributed by atoms with van der Waals surface area (Å²) < 4.78 is 0. The summed E-state index contributed by atoms with van der Waals surface area (Å²) in [4.78, 5) is 24.5. The maximum atomic E-state index is 6.33. The van der Waals surface area contributed by atoms with Crippen molar-refractivity contribution < 1.29 is 0 Å². The second kappa shape index (κ2) is 9.46. The Kier molecular flexibility index (Phi) is 6.09. The summed E-state index contributed by atoms with van der Waals surface area (Å²) in [5, 5.41) is 0.919. The minimum absolute atomic E-state index is 0.430. The quantitative estimate of drug-likeness (QED) is 0.366. The Hall–Kier alpha value is -3.64. The predicted molar refractivity (Wildman–Crippen MR) is 133 cm³/mol. The van der Waals surface area contributed by atoms with E-state index in [-0.39, 0.29) is 0 Å². The summed E-state index contributed by atoms with van der Waals surface area (Å²) in [5.74, 6) is 0.872. The van der Waals surface area contributed by atoms with Crippen molar-refractivity contribution in [3.8, 4) is 11.1 Å². The van der Waals surface area contributed by atoms with Crippen LogP contribution in [-0.2, 0) is 6.54 Å². The summed E-state index contributed by atoms with van der Waals surface area (Å²) in [7, 11) is 0. The number of nitrogens with zero attached hydrogens (tertiary/aromatic N) is 6. The van der Waals surface area contributed by atoms with Crippen LogP contribution in [0.3, 0.4) is 0 Å². The summed E-state index contributed by atoms with van der Waals surface area (Å²) in [5.41, 5.74) is 7.18. The Labute approximate surface area is 198 Å². The first-order valence-corrected chi connectivity index (χ1v) is 11.3. The number of aromatic nitrogens is 3. The fraction of sp³-hybridized carbons (Fsp3) is 0.192. The van der Waals surface area contributed by atoms with Crippen LogP contribution in [0.2, 0.25) is 0 Å². The number of benzene rings is 1. The zero-order valence-corrected chi connectivity index (χ0v) is 18.9. The van der Waals surface area contributed by atoms with Gasteiger partial charge < -0.3 is 4.90 Å². The zero-order valence-electron chi connectivity index (χ0n) is 18.2. The van der Waals surface area contributed by atoms with Gasteiger partial charge in [0, 0.05) is 53.2 Å². The van der Waals surface area contributed by atoms with Gasteiger partial charge in [0.25, 0.3) is 0 Å². The van der Waals surface area contributed by atoms with Crippen molar-refractivity contribution in [3.05, 3.63) is 95.0 Å². The Morgan fingerprint density at radius 3 is 2.73 bits per heavy atom. The van der Waals surface area contributed by atoms with E-state index in [4.69, 9.17) is 16.6 Å². The van der Waals surface area contributed by atoms with Crippen LogP contribution in [0.5, 0.6) is 0 Å². The van der Waals surface area contributed by atoms with Crippen molar-refractivity contribution >= 4 is 29.8 Å². The molecule has 0 bridgehead atoms. The van der Waals surface area contributed by atoms with Gasteiger partial charge in [-0.2, -0.15) is 0 Å². The van der Waals surface area contributed by atoms with E-state index in [9.17, 15) is 0 Å². The molecule has 2 aliphatic rings. The van der Waals surface area contributed by atoms with E-state index < -0.39 is 0 Å². The largest absolute Gasteiger partial charge is 0.329 e. The lowest BCUT2D eigenvalue weighted by Crippen LogP contribution is -2.29. The van der Waals surface area contributed by atoms with Crippen LogP contribution in [0.1, 0.15) is 30.5 Å². The van der Waals surface area contributed by atoms with Crippen molar-refractivity contribution in [2.24, 2.45) is 9.98 Å². The van der Waals surface area contributed by atoms with E-state index in [0.29, 0.717) is 6.54 Å². The molecule has 0 saturated heterocycles. The van der Waals surface area contributed by atoms with Crippen LogP contribution in [0.4, 0.5) is 5.69 Å². The number of pyridine rings is 1. The molecule has 1 aliphatic carbocycles. The molecule has 0 amide bonds. The highest BCUT2D eigenvalue weighted by molar-refractivity contribution is 6.29. The smallest absolute Gasteiger partial charge is 0.137 e. The number of hydrogen-bond donors (Lipinski definition) is 0. The van der Waals surface area contributed by atoms with Gasteiger partial charge in [0.2, 0.25) is 0 Å². The van der Waals surface area contributed by atoms with Crippen LogP contribution in [0.15, 0.2) is 93.7 Å². The fourth-order valence-electron chi connectivity index (χ4n) is 4.32. The Morgan fingerprint density at radius 2 is 1.94 bits per heavy atom. The van der Waals surface area contributed by atoms with Gasteiger partial charge in [-0.05, 0) is 61.4 Å². The maximum absolute atomic E-state index is 6.33. The van der Waals surface area contributed by atoms with Crippen LogP contribution in [-0.4, -0.2) is 38.9 Å². The summed E-state index contributed by atoms with van der Waals surface area (Å²) in [6.45, 7) is 5.13. The molecular weight excluding hydrogens is 432 g/mol. The summed E-state index contributed by atoms with van der Waals surface area (Å²) >= 11 is 6.33. The number of aliphatic imine (C=N–C) groups is 2.